The third-order valence-electron chi connectivity index (χ3n) is 7.80. The van der Waals surface area contributed by atoms with Crippen molar-refractivity contribution in [1.29, 1.82) is 0 Å². The molecule has 2 aromatic rings. The van der Waals surface area contributed by atoms with Crippen LogP contribution in [0.4, 0.5) is 5.69 Å². The number of rotatable bonds is 3. The molecule has 3 aliphatic rings. The molecule has 0 radical (unpaired) electrons. The van der Waals surface area contributed by atoms with Crippen LogP contribution in [0.15, 0.2) is 36.4 Å². The number of benzene rings is 2. The summed E-state index contributed by atoms with van der Waals surface area (Å²) in [6.45, 7) is 18.5. The van der Waals surface area contributed by atoms with E-state index < -0.39 is 0 Å². The summed E-state index contributed by atoms with van der Waals surface area (Å²) < 4.78 is 14.3. The van der Waals surface area contributed by atoms with Crippen LogP contribution in [0.5, 0.6) is 0 Å². The second-order valence-electron chi connectivity index (χ2n) is 10.9. The number of hydrogen-bond acceptors (Lipinski definition) is 2. The Morgan fingerprint density at radius 2 is 1.57 bits per heavy atom. The molecule has 3 heteroatoms. The minimum absolute atomic E-state index is 0.000486. The van der Waals surface area contributed by atoms with Crippen LogP contribution in [-0.2, 0) is 20.3 Å². The number of ether oxygens (including phenoxy) is 2. The fourth-order valence-electron chi connectivity index (χ4n) is 5.67. The molecule has 0 bridgehead atoms. The molecule has 0 aromatic heterocycles. The topological polar surface area (TPSA) is 21.5 Å². The largest absolute Gasteiger partial charge is 0.349 e. The van der Waals surface area contributed by atoms with Gasteiger partial charge in [-0.3, -0.25) is 0 Å². The van der Waals surface area contributed by atoms with Gasteiger partial charge in [0.05, 0.1) is 24.0 Å². The van der Waals surface area contributed by atoms with Crippen molar-refractivity contribution >= 4 is 11.4 Å². The van der Waals surface area contributed by atoms with Crippen LogP contribution in [-0.4, -0.2) is 36.3 Å². The van der Waals surface area contributed by atoms with E-state index in [9.17, 15) is 0 Å². The van der Waals surface area contributed by atoms with Gasteiger partial charge in [-0.2, -0.15) is 4.58 Å². The van der Waals surface area contributed by atoms with Gasteiger partial charge in [-0.05, 0) is 56.0 Å². The van der Waals surface area contributed by atoms with Crippen LogP contribution < -0.4 is 0 Å². The van der Waals surface area contributed by atoms with Crippen molar-refractivity contribution < 1.29 is 14.0 Å². The molecule has 158 valence electrons. The first-order chi connectivity index (χ1) is 14.0. The molecule has 30 heavy (non-hydrogen) atoms. The molecular formula is C27H34NO2+. The van der Waals surface area contributed by atoms with Crippen molar-refractivity contribution in [3.05, 3.63) is 53.1 Å². The van der Waals surface area contributed by atoms with Crippen LogP contribution in [0, 0.1) is 5.41 Å². The average Bonchev–Trinajstić information content (AvgIpc) is 3.36. The number of fused-ring (bicyclic) bond motifs is 4. The molecule has 1 saturated heterocycles. The molecule has 0 amide bonds. The predicted molar refractivity (Wildman–Crippen MR) is 122 cm³/mol. The normalized spacial score (nSPS) is 21.7. The lowest BCUT2D eigenvalue weighted by molar-refractivity contribution is -0.464. The van der Waals surface area contributed by atoms with Crippen molar-refractivity contribution in [3.63, 3.8) is 0 Å². The van der Waals surface area contributed by atoms with E-state index in [1.165, 1.54) is 39.2 Å². The summed E-state index contributed by atoms with van der Waals surface area (Å²) in [6, 6.07) is 13.8. The van der Waals surface area contributed by atoms with Crippen molar-refractivity contribution in [2.45, 2.75) is 65.6 Å². The van der Waals surface area contributed by atoms with Gasteiger partial charge in [0, 0.05) is 24.0 Å². The van der Waals surface area contributed by atoms with E-state index in [0.717, 1.165) is 6.54 Å². The molecule has 2 aliphatic heterocycles. The lowest BCUT2D eigenvalue weighted by Gasteiger charge is -2.27. The molecule has 0 unspecified atom stereocenters. The minimum Gasteiger partial charge on any atom is -0.349 e. The fraction of sp³-hybridized carbons (Fsp3) is 0.519. The highest BCUT2D eigenvalue weighted by molar-refractivity contribution is 5.95. The highest BCUT2D eigenvalue weighted by Gasteiger charge is 2.49. The van der Waals surface area contributed by atoms with E-state index in [4.69, 9.17) is 9.47 Å². The average molecular weight is 405 g/mol. The van der Waals surface area contributed by atoms with Gasteiger partial charge in [0.25, 0.3) is 0 Å². The van der Waals surface area contributed by atoms with Crippen molar-refractivity contribution in [2.75, 3.05) is 19.8 Å². The van der Waals surface area contributed by atoms with Gasteiger partial charge in [-0.1, -0.05) is 38.1 Å². The number of hydrogen-bond donors (Lipinski definition) is 0. The zero-order valence-electron chi connectivity index (χ0n) is 19.4. The van der Waals surface area contributed by atoms with Crippen LogP contribution in [0.3, 0.4) is 0 Å². The number of nitrogens with zero attached hydrogens (tertiary/aromatic N) is 1. The Morgan fingerprint density at radius 1 is 0.900 bits per heavy atom. The van der Waals surface area contributed by atoms with Gasteiger partial charge in [0.15, 0.2) is 18.5 Å². The van der Waals surface area contributed by atoms with Crippen LogP contribution in [0.25, 0.3) is 11.1 Å². The fourth-order valence-corrected chi connectivity index (χ4v) is 5.67. The van der Waals surface area contributed by atoms with Gasteiger partial charge in [-0.25, -0.2) is 0 Å². The Hall–Kier alpha value is -1.97. The molecule has 2 aromatic carbocycles. The Balaban J connectivity index is 1.65. The van der Waals surface area contributed by atoms with Crippen LogP contribution >= 0.6 is 0 Å². The van der Waals surface area contributed by atoms with E-state index in [-0.39, 0.29) is 22.5 Å². The molecule has 0 saturated carbocycles. The summed E-state index contributed by atoms with van der Waals surface area (Å²) >= 11 is 0. The van der Waals surface area contributed by atoms with Crippen molar-refractivity contribution in [1.82, 2.24) is 0 Å². The highest BCUT2D eigenvalue weighted by Crippen LogP contribution is 2.53. The molecule has 0 spiro atoms. The Morgan fingerprint density at radius 3 is 2.27 bits per heavy atom. The maximum absolute atomic E-state index is 5.89. The van der Waals surface area contributed by atoms with Gasteiger partial charge in [0.1, 0.15) is 0 Å². The van der Waals surface area contributed by atoms with Gasteiger partial charge < -0.3 is 9.47 Å². The third kappa shape index (κ3) is 2.61. The maximum atomic E-state index is 5.89. The second kappa shape index (κ2) is 6.27. The predicted octanol–water partition coefficient (Wildman–Crippen LogP) is 5.79. The summed E-state index contributed by atoms with van der Waals surface area (Å²) in [4.78, 5) is 0. The molecule has 0 N–H and O–H groups in total. The molecule has 3 nitrogen and oxygen atoms in total. The Kier molecular flexibility index (Phi) is 4.17. The van der Waals surface area contributed by atoms with Gasteiger partial charge >= 0.3 is 0 Å². The van der Waals surface area contributed by atoms with Crippen molar-refractivity contribution in [3.8, 4) is 11.1 Å². The third-order valence-corrected chi connectivity index (χ3v) is 7.80. The van der Waals surface area contributed by atoms with Crippen LogP contribution in [0.2, 0.25) is 0 Å². The molecule has 0 atom stereocenters. The second-order valence-corrected chi connectivity index (χ2v) is 10.9. The molecule has 1 fully saturated rings. The highest BCUT2D eigenvalue weighted by atomic mass is 16.7. The SMILES string of the molecule is CC1=[N+](CC(C)(C)C2OCCO2)c2cc3c(cc2C1(C)C)-c1ccccc1C3(C)C. The maximum Gasteiger partial charge on any atom is 0.209 e. The minimum atomic E-state index is -0.146. The summed E-state index contributed by atoms with van der Waals surface area (Å²) in [7, 11) is 0. The monoisotopic (exact) mass is 404 g/mol. The van der Waals surface area contributed by atoms with Crippen LogP contribution in [0.1, 0.15) is 65.2 Å². The lowest BCUT2D eigenvalue weighted by atomic mass is 9.78. The summed E-state index contributed by atoms with van der Waals surface area (Å²) in [6.07, 6.45) is -0.146. The van der Waals surface area contributed by atoms with E-state index in [0.29, 0.717) is 13.2 Å². The summed E-state index contributed by atoms with van der Waals surface area (Å²) in [5.41, 5.74) is 9.74. The smallest absolute Gasteiger partial charge is 0.209 e. The molecular weight excluding hydrogens is 370 g/mol. The first kappa shape index (κ1) is 20.0. The van der Waals surface area contributed by atoms with E-state index >= 15 is 0 Å². The molecule has 5 rings (SSSR count). The Labute approximate surface area is 180 Å². The quantitative estimate of drug-likeness (QED) is 0.604. The summed E-state index contributed by atoms with van der Waals surface area (Å²) in [5.74, 6) is 0. The lowest BCUT2D eigenvalue weighted by Crippen LogP contribution is -2.39. The van der Waals surface area contributed by atoms with E-state index in [1.807, 2.05) is 0 Å². The van der Waals surface area contributed by atoms with Crippen molar-refractivity contribution in [2.24, 2.45) is 5.41 Å². The first-order valence-electron chi connectivity index (χ1n) is 11.2. The first-order valence-corrected chi connectivity index (χ1v) is 11.2. The summed E-state index contributed by atoms with van der Waals surface area (Å²) in [5, 5.41) is 0. The van der Waals surface area contributed by atoms with Gasteiger partial charge in [-0.15, -0.1) is 0 Å². The zero-order chi connectivity index (χ0) is 21.5. The van der Waals surface area contributed by atoms with E-state index in [2.05, 4.69) is 89.4 Å². The standard InChI is InChI=1S/C27H34NO2/c1-17-26(4,5)22-14-19-18-10-8-9-11-20(18)27(6,7)21(19)15-23(22)28(17)16-25(2,3)24-29-12-13-30-24/h8-11,14-15,24H,12-13,16H2,1-7H3/q+1. The Bertz CT molecular complexity index is 1070. The zero-order valence-corrected chi connectivity index (χ0v) is 19.4. The molecule has 1 aliphatic carbocycles. The van der Waals surface area contributed by atoms with Gasteiger partial charge in [0.2, 0.25) is 5.69 Å². The molecule has 2 heterocycles. The van der Waals surface area contributed by atoms with E-state index in [1.54, 1.807) is 0 Å².